The van der Waals surface area contributed by atoms with Crippen molar-refractivity contribution in [3.05, 3.63) is 29.8 Å². The summed E-state index contributed by atoms with van der Waals surface area (Å²) in [5.74, 6) is 3.26. The Bertz CT molecular complexity index is 352. The van der Waals surface area contributed by atoms with Crippen molar-refractivity contribution in [2.45, 2.75) is 12.8 Å². The second-order valence-electron chi connectivity index (χ2n) is 3.12. The van der Waals surface area contributed by atoms with Crippen molar-refractivity contribution in [1.29, 1.82) is 0 Å². The fourth-order valence-electron chi connectivity index (χ4n) is 1.11. The zero-order chi connectivity index (χ0) is 12.0. The van der Waals surface area contributed by atoms with Gasteiger partial charge in [0, 0.05) is 24.6 Å². The minimum absolute atomic E-state index is 0.102. The zero-order valence-electron chi connectivity index (χ0n) is 8.50. The van der Waals surface area contributed by atoms with Gasteiger partial charge in [-0.25, -0.2) is 14.6 Å². The Morgan fingerprint density at radius 1 is 1.31 bits per heavy atom. The Morgan fingerprint density at radius 2 is 1.94 bits per heavy atom. The van der Waals surface area contributed by atoms with Gasteiger partial charge in [0.1, 0.15) is 17.4 Å². The number of hydrazine groups is 1. The number of hydrogen-bond donors (Lipinski definition) is 2. The molecule has 3 N–H and O–H groups in total. The lowest BCUT2D eigenvalue weighted by Gasteiger charge is -2.05. The normalized spacial score (nSPS) is 9.94. The number of benzene rings is 1. The van der Waals surface area contributed by atoms with Crippen LogP contribution in [-0.4, -0.2) is 12.5 Å². The Hall–Kier alpha value is -1.69. The maximum absolute atomic E-state index is 12.7. The van der Waals surface area contributed by atoms with Crippen molar-refractivity contribution >= 4 is 5.91 Å². The molecule has 1 amide bonds. The number of rotatable bonds is 5. The summed E-state index contributed by atoms with van der Waals surface area (Å²) in [6.45, 7) is 0.191. The molecule has 0 heterocycles. The summed E-state index contributed by atoms with van der Waals surface area (Å²) in [6, 6.07) is 2.91. The van der Waals surface area contributed by atoms with Gasteiger partial charge in [0.2, 0.25) is 5.91 Å². The second-order valence-corrected chi connectivity index (χ2v) is 3.12. The van der Waals surface area contributed by atoms with Crippen LogP contribution in [0.5, 0.6) is 5.75 Å². The molecule has 88 valence electrons. The van der Waals surface area contributed by atoms with Crippen molar-refractivity contribution in [2.75, 3.05) is 6.61 Å². The second kappa shape index (κ2) is 6.02. The van der Waals surface area contributed by atoms with Crippen LogP contribution in [0.1, 0.15) is 12.8 Å². The monoisotopic (exact) mass is 230 g/mol. The van der Waals surface area contributed by atoms with E-state index in [0.717, 1.165) is 18.2 Å². The van der Waals surface area contributed by atoms with Crippen LogP contribution in [-0.2, 0) is 4.79 Å². The molecule has 16 heavy (non-hydrogen) atoms. The predicted octanol–water partition coefficient (Wildman–Crippen LogP) is 1.11. The lowest BCUT2D eigenvalue weighted by molar-refractivity contribution is -0.121. The summed E-state index contributed by atoms with van der Waals surface area (Å²) in [6.07, 6.45) is 0.620. The molecule has 0 aliphatic rings. The lowest BCUT2D eigenvalue weighted by Crippen LogP contribution is -2.29. The topological polar surface area (TPSA) is 64.3 Å². The summed E-state index contributed by atoms with van der Waals surface area (Å²) < 4.78 is 30.5. The van der Waals surface area contributed by atoms with Gasteiger partial charge in [-0.3, -0.25) is 10.2 Å². The lowest BCUT2D eigenvalue weighted by atomic mass is 10.3. The van der Waals surface area contributed by atoms with Crippen LogP contribution in [0.25, 0.3) is 0 Å². The molecule has 0 aliphatic carbocycles. The molecule has 1 aromatic carbocycles. The van der Waals surface area contributed by atoms with E-state index >= 15 is 0 Å². The first kappa shape index (κ1) is 12.4. The predicted molar refractivity (Wildman–Crippen MR) is 53.4 cm³/mol. The minimum atomic E-state index is -0.699. The molecule has 1 aromatic rings. The molecule has 0 aromatic heterocycles. The summed E-state index contributed by atoms with van der Waals surface area (Å²) in [5.41, 5.74) is 1.97. The first-order valence-electron chi connectivity index (χ1n) is 4.70. The number of halogens is 2. The zero-order valence-corrected chi connectivity index (χ0v) is 8.50. The molecule has 0 saturated heterocycles. The number of ether oxygens (including phenoxy) is 1. The number of carbonyl (C=O) groups is 1. The first-order chi connectivity index (χ1) is 7.61. The summed E-state index contributed by atoms with van der Waals surface area (Å²) in [5, 5.41) is 0. The third-order valence-corrected chi connectivity index (χ3v) is 1.81. The van der Waals surface area contributed by atoms with Crippen LogP contribution in [0, 0.1) is 11.6 Å². The van der Waals surface area contributed by atoms with E-state index in [0.29, 0.717) is 6.42 Å². The van der Waals surface area contributed by atoms with E-state index < -0.39 is 11.6 Å². The fourth-order valence-corrected chi connectivity index (χ4v) is 1.11. The van der Waals surface area contributed by atoms with Gasteiger partial charge in [0.05, 0.1) is 6.61 Å². The largest absolute Gasteiger partial charge is 0.493 e. The van der Waals surface area contributed by atoms with Crippen LogP contribution in [0.15, 0.2) is 18.2 Å². The summed E-state index contributed by atoms with van der Waals surface area (Å²) >= 11 is 0. The smallest absolute Gasteiger partial charge is 0.234 e. The molecule has 0 radical (unpaired) electrons. The third-order valence-electron chi connectivity index (χ3n) is 1.81. The number of carbonyl (C=O) groups excluding carboxylic acids is 1. The van der Waals surface area contributed by atoms with E-state index in [1.54, 1.807) is 0 Å². The average Bonchev–Trinajstić information content (AvgIpc) is 2.22. The molecule has 0 unspecified atom stereocenters. The van der Waals surface area contributed by atoms with Crippen LogP contribution in [0.2, 0.25) is 0 Å². The van der Waals surface area contributed by atoms with Crippen molar-refractivity contribution in [2.24, 2.45) is 5.84 Å². The van der Waals surface area contributed by atoms with E-state index in [1.165, 1.54) is 0 Å². The number of hydrogen-bond acceptors (Lipinski definition) is 3. The van der Waals surface area contributed by atoms with E-state index in [4.69, 9.17) is 10.6 Å². The maximum atomic E-state index is 12.7. The van der Waals surface area contributed by atoms with E-state index in [2.05, 4.69) is 0 Å². The fraction of sp³-hybridized carbons (Fsp3) is 0.300. The molecule has 0 spiro atoms. The van der Waals surface area contributed by atoms with E-state index in [1.807, 2.05) is 5.43 Å². The molecule has 0 atom stereocenters. The molecular formula is C10H12F2N2O2. The number of amides is 1. The van der Waals surface area contributed by atoms with Crippen LogP contribution in [0.4, 0.5) is 8.78 Å². The highest BCUT2D eigenvalue weighted by atomic mass is 19.1. The number of nitrogens with one attached hydrogen (secondary N) is 1. The Labute approximate surface area is 91.4 Å². The van der Waals surface area contributed by atoms with Crippen LogP contribution in [0.3, 0.4) is 0 Å². The molecule has 4 nitrogen and oxygen atoms in total. The van der Waals surface area contributed by atoms with Crippen molar-refractivity contribution in [1.82, 2.24) is 5.43 Å². The maximum Gasteiger partial charge on any atom is 0.234 e. The van der Waals surface area contributed by atoms with Crippen molar-refractivity contribution < 1.29 is 18.3 Å². The standard InChI is InChI=1S/C10H12F2N2O2/c11-7-4-8(12)6-9(5-7)16-3-1-2-10(15)14-13/h4-6H,1-3,13H2,(H,14,15). The van der Waals surface area contributed by atoms with Gasteiger partial charge >= 0.3 is 0 Å². The van der Waals surface area contributed by atoms with Crippen LogP contribution >= 0.6 is 0 Å². The highest BCUT2D eigenvalue weighted by Crippen LogP contribution is 2.15. The molecule has 0 aliphatic heterocycles. The first-order valence-corrected chi connectivity index (χ1v) is 4.70. The van der Waals surface area contributed by atoms with Crippen LogP contribution < -0.4 is 16.0 Å². The Kier molecular flexibility index (Phi) is 4.65. The molecule has 0 bridgehead atoms. The van der Waals surface area contributed by atoms with E-state index in [-0.39, 0.29) is 24.7 Å². The molecule has 0 saturated carbocycles. The Balaban J connectivity index is 2.34. The van der Waals surface area contributed by atoms with Crippen molar-refractivity contribution in [3.63, 3.8) is 0 Å². The average molecular weight is 230 g/mol. The van der Waals surface area contributed by atoms with Gasteiger partial charge < -0.3 is 4.74 Å². The molecular weight excluding hydrogens is 218 g/mol. The van der Waals surface area contributed by atoms with Gasteiger partial charge in [-0.2, -0.15) is 0 Å². The van der Waals surface area contributed by atoms with Gasteiger partial charge in [-0.15, -0.1) is 0 Å². The Morgan fingerprint density at radius 3 is 2.50 bits per heavy atom. The molecule has 1 rings (SSSR count). The van der Waals surface area contributed by atoms with Crippen molar-refractivity contribution in [3.8, 4) is 5.75 Å². The highest BCUT2D eigenvalue weighted by molar-refractivity contribution is 5.75. The van der Waals surface area contributed by atoms with E-state index in [9.17, 15) is 13.6 Å². The van der Waals surface area contributed by atoms with Gasteiger partial charge in [-0.05, 0) is 6.42 Å². The molecule has 6 heteroatoms. The SMILES string of the molecule is NNC(=O)CCCOc1cc(F)cc(F)c1. The number of nitrogens with two attached hydrogens (primary N) is 1. The quantitative estimate of drug-likeness (QED) is 0.345. The summed E-state index contributed by atoms with van der Waals surface area (Å²) in [4.78, 5) is 10.7. The van der Waals surface area contributed by atoms with Gasteiger partial charge in [-0.1, -0.05) is 0 Å². The summed E-state index contributed by atoms with van der Waals surface area (Å²) in [7, 11) is 0. The minimum Gasteiger partial charge on any atom is -0.493 e. The highest BCUT2D eigenvalue weighted by Gasteiger charge is 2.02. The van der Waals surface area contributed by atoms with Gasteiger partial charge in [0.25, 0.3) is 0 Å². The molecule has 0 fully saturated rings. The third kappa shape index (κ3) is 4.22. The van der Waals surface area contributed by atoms with Gasteiger partial charge in [0.15, 0.2) is 0 Å².